The summed E-state index contributed by atoms with van der Waals surface area (Å²) in [5, 5.41) is 10.1. The first-order chi connectivity index (χ1) is 13.2. The minimum Gasteiger partial charge on any atom is -0.494 e. The number of carbonyl (C=O) groups is 1. The third-order valence-electron chi connectivity index (χ3n) is 5.29. The molecule has 1 aromatic carbocycles. The Morgan fingerprint density at radius 2 is 1.93 bits per heavy atom. The lowest BCUT2D eigenvalue weighted by Gasteiger charge is -2.29. The zero-order valence-corrected chi connectivity index (χ0v) is 15.6. The van der Waals surface area contributed by atoms with Crippen LogP contribution in [0.2, 0.25) is 0 Å². The van der Waals surface area contributed by atoms with Crippen LogP contribution in [0.3, 0.4) is 0 Å². The van der Waals surface area contributed by atoms with Crippen LogP contribution in [0.15, 0.2) is 42.6 Å². The summed E-state index contributed by atoms with van der Waals surface area (Å²) < 4.78 is 5.47. The van der Waals surface area contributed by atoms with Gasteiger partial charge in [-0.25, -0.2) is 4.98 Å². The standard InChI is InChI=1S/C21H26N4O2/c1-2-27-18-9-7-14(8-10-18)24-20-19(4-3-11-22-20)21(26)25-17-12-15-5-6-16(13-17)23-15/h3-4,7-11,15-17,23H,2,5-6,12-13H2,1H3,(H,22,24)(H,25,26). The van der Waals surface area contributed by atoms with E-state index in [9.17, 15) is 4.79 Å². The average molecular weight is 366 g/mol. The predicted octanol–water partition coefficient (Wildman–Crippen LogP) is 3.24. The second kappa shape index (κ2) is 7.96. The summed E-state index contributed by atoms with van der Waals surface area (Å²) in [6.45, 7) is 2.59. The van der Waals surface area contributed by atoms with E-state index >= 15 is 0 Å². The molecule has 2 bridgehead atoms. The molecule has 2 fully saturated rings. The molecule has 0 spiro atoms. The van der Waals surface area contributed by atoms with Gasteiger partial charge in [0.1, 0.15) is 11.6 Å². The van der Waals surface area contributed by atoms with Crippen LogP contribution < -0.4 is 20.7 Å². The van der Waals surface area contributed by atoms with Gasteiger partial charge in [0.2, 0.25) is 0 Å². The number of benzene rings is 1. The highest BCUT2D eigenvalue weighted by Crippen LogP contribution is 2.27. The molecule has 27 heavy (non-hydrogen) atoms. The zero-order valence-electron chi connectivity index (χ0n) is 15.6. The lowest BCUT2D eigenvalue weighted by Crippen LogP contribution is -2.48. The van der Waals surface area contributed by atoms with E-state index in [1.165, 1.54) is 12.8 Å². The SMILES string of the molecule is CCOc1ccc(Nc2ncccc2C(=O)NC2CC3CCC(C2)N3)cc1. The van der Waals surface area contributed by atoms with Gasteiger partial charge in [-0.15, -0.1) is 0 Å². The summed E-state index contributed by atoms with van der Waals surface area (Å²) in [7, 11) is 0. The van der Waals surface area contributed by atoms with Gasteiger partial charge in [0.05, 0.1) is 12.2 Å². The first-order valence-electron chi connectivity index (χ1n) is 9.73. The molecule has 2 saturated heterocycles. The number of carbonyl (C=O) groups excluding carboxylic acids is 1. The molecule has 2 aromatic rings. The van der Waals surface area contributed by atoms with Crippen LogP contribution in [-0.4, -0.2) is 35.6 Å². The Morgan fingerprint density at radius 3 is 2.63 bits per heavy atom. The molecule has 2 unspecified atom stereocenters. The number of fused-ring (bicyclic) bond motifs is 2. The molecule has 6 nitrogen and oxygen atoms in total. The van der Waals surface area contributed by atoms with E-state index in [-0.39, 0.29) is 11.9 Å². The van der Waals surface area contributed by atoms with Crippen molar-refractivity contribution in [2.75, 3.05) is 11.9 Å². The van der Waals surface area contributed by atoms with Gasteiger partial charge in [-0.1, -0.05) is 0 Å². The van der Waals surface area contributed by atoms with Crippen LogP contribution in [0.25, 0.3) is 0 Å². The number of aromatic nitrogens is 1. The fourth-order valence-corrected chi connectivity index (χ4v) is 4.06. The molecular formula is C21H26N4O2. The average Bonchev–Trinajstić information content (AvgIpc) is 3.02. The normalized spacial score (nSPS) is 23.7. The zero-order chi connectivity index (χ0) is 18.6. The lowest BCUT2D eigenvalue weighted by molar-refractivity contribution is 0.0924. The second-order valence-electron chi connectivity index (χ2n) is 7.26. The van der Waals surface area contributed by atoms with Crippen LogP contribution >= 0.6 is 0 Å². The summed E-state index contributed by atoms with van der Waals surface area (Å²) in [6.07, 6.45) is 6.13. The molecule has 3 N–H and O–H groups in total. The van der Waals surface area contributed by atoms with Crippen molar-refractivity contribution in [1.82, 2.24) is 15.6 Å². The fourth-order valence-electron chi connectivity index (χ4n) is 4.06. The molecule has 0 radical (unpaired) electrons. The molecule has 0 saturated carbocycles. The molecule has 2 atom stereocenters. The number of anilines is 2. The number of ether oxygens (including phenoxy) is 1. The number of nitrogens with one attached hydrogen (secondary N) is 3. The second-order valence-corrected chi connectivity index (χ2v) is 7.26. The van der Waals surface area contributed by atoms with E-state index in [1.54, 1.807) is 12.3 Å². The molecule has 0 aliphatic carbocycles. The Kier molecular flexibility index (Phi) is 5.25. The van der Waals surface area contributed by atoms with Crippen LogP contribution in [0.1, 0.15) is 43.0 Å². The van der Waals surface area contributed by atoms with Gasteiger partial charge in [-0.3, -0.25) is 4.79 Å². The molecular weight excluding hydrogens is 340 g/mol. The van der Waals surface area contributed by atoms with E-state index in [2.05, 4.69) is 20.9 Å². The van der Waals surface area contributed by atoms with Crippen LogP contribution in [0.5, 0.6) is 5.75 Å². The molecule has 142 valence electrons. The van der Waals surface area contributed by atoms with Crippen LogP contribution in [0, 0.1) is 0 Å². The van der Waals surface area contributed by atoms with Crippen LogP contribution in [-0.2, 0) is 0 Å². The van der Waals surface area contributed by atoms with Crippen molar-refractivity contribution in [1.29, 1.82) is 0 Å². The van der Waals surface area contributed by atoms with E-state index < -0.39 is 0 Å². The van der Waals surface area contributed by atoms with Crippen molar-refractivity contribution < 1.29 is 9.53 Å². The highest BCUT2D eigenvalue weighted by molar-refractivity contribution is 5.99. The first-order valence-corrected chi connectivity index (χ1v) is 9.73. The minimum absolute atomic E-state index is 0.0668. The Balaban J connectivity index is 1.44. The van der Waals surface area contributed by atoms with Gasteiger partial charge in [0, 0.05) is 30.0 Å². The molecule has 1 amide bonds. The maximum atomic E-state index is 12.9. The molecule has 2 aliphatic heterocycles. The van der Waals surface area contributed by atoms with Gasteiger partial charge >= 0.3 is 0 Å². The Bertz CT molecular complexity index is 781. The van der Waals surface area contributed by atoms with Crippen LogP contribution in [0.4, 0.5) is 11.5 Å². The number of rotatable bonds is 6. The number of pyridine rings is 1. The molecule has 3 heterocycles. The van der Waals surface area contributed by atoms with E-state index in [1.807, 2.05) is 37.3 Å². The summed E-state index contributed by atoms with van der Waals surface area (Å²) in [5.41, 5.74) is 1.43. The fraction of sp³-hybridized carbons (Fsp3) is 0.429. The van der Waals surface area contributed by atoms with Gasteiger partial charge < -0.3 is 20.7 Å². The number of hydrogen-bond acceptors (Lipinski definition) is 5. The van der Waals surface area contributed by atoms with E-state index in [4.69, 9.17) is 4.74 Å². The van der Waals surface area contributed by atoms with Crippen molar-refractivity contribution in [3.8, 4) is 5.75 Å². The largest absolute Gasteiger partial charge is 0.494 e. The van der Waals surface area contributed by atoms with Gasteiger partial charge in [0.25, 0.3) is 5.91 Å². The smallest absolute Gasteiger partial charge is 0.255 e. The number of hydrogen-bond donors (Lipinski definition) is 3. The maximum absolute atomic E-state index is 12.9. The Hall–Kier alpha value is -2.60. The summed E-state index contributed by atoms with van der Waals surface area (Å²) in [6, 6.07) is 12.6. The lowest BCUT2D eigenvalue weighted by atomic mass is 9.99. The number of piperidine rings is 1. The van der Waals surface area contributed by atoms with Crippen molar-refractivity contribution in [3.63, 3.8) is 0 Å². The third-order valence-corrected chi connectivity index (χ3v) is 5.29. The molecule has 2 aliphatic rings. The monoisotopic (exact) mass is 366 g/mol. The number of amides is 1. The predicted molar refractivity (Wildman–Crippen MR) is 106 cm³/mol. The summed E-state index contributed by atoms with van der Waals surface area (Å²) in [5.74, 6) is 1.32. The van der Waals surface area contributed by atoms with E-state index in [0.29, 0.717) is 30.1 Å². The van der Waals surface area contributed by atoms with E-state index in [0.717, 1.165) is 24.3 Å². The van der Waals surface area contributed by atoms with Gasteiger partial charge in [-0.2, -0.15) is 0 Å². The number of nitrogens with zero attached hydrogens (tertiary/aromatic N) is 1. The van der Waals surface area contributed by atoms with Crippen molar-refractivity contribution >= 4 is 17.4 Å². The highest BCUT2D eigenvalue weighted by Gasteiger charge is 2.34. The van der Waals surface area contributed by atoms with Crippen molar-refractivity contribution in [2.24, 2.45) is 0 Å². The summed E-state index contributed by atoms with van der Waals surface area (Å²) in [4.78, 5) is 17.2. The minimum atomic E-state index is -0.0668. The summed E-state index contributed by atoms with van der Waals surface area (Å²) >= 11 is 0. The van der Waals surface area contributed by atoms with Crippen molar-refractivity contribution in [3.05, 3.63) is 48.2 Å². The highest BCUT2D eigenvalue weighted by atomic mass is 16.5. The molecule has 6 heteroatoms. The van der Waals surface area contributed by atoms with Gasteiger partial charge in [-0.05, 0) is 69.0 Å². The van der Waals surface area contributed by atoms with Crippen molar-refractivity contribution in [2.45, 2.75) is 50.7 Å². The molecule has 1 aromatic heterocycles. The third kappa shape index (κ3) is 4.22. The first kappa shape index (κ1) is 17.8. The Labute approximate surface area is 159 Å². The Morgan fingerprint density at radius 1 is 1.19 bits per heavy atom. The topological polar surface area (TPSA) is 75.3 Å². The molecule has 4 rings (SSSR count). The van der Waals surface area contributed by atoms with Gasteiger partial charge in [0.15, 0.2) is 0 Å². The maximum Gasteiger partial charge on any atom is 0.255 e. The quantitative estimate of drug-likeness (QED) is 0.732.